The summed E-state index contributed by atoms with van der Waals surface area (Å²) in [5, 5.41) is 14.7. The van der Waals surface area contributed by atoms with Gasteiger partial charge in [-0.25, -0.2) is 4.79 Å². The van der Waals surface area contributed by atoms with E-state index in [1.165, 1.54) is 18.2 Å². The number of amides is 3. The molecule has 0 unspecified atom stereocenters. The fraction of sp³-hybridized carbons (Fsp3) is 0.550. The molecule has 2 aliphatic rings. The number of rotatable bonds is 6. The Balaban J connectivity index is 1.33. The normalized spacial score (nSPS) is 21.6. The van der Waals surface area contributed by atoms with E-state index in [9.17, 15) is 9.59 Å². The van der Waals surface area contributed by atoms with Crippen molar-refractivity contribution in [2.75, 3.05) is 5.75 Å². The summed E-state index contributed by atoms with van der Waals surface area (Å²) in [6.07, 6.45) is 10.1. The third-order valence-electron chi connectivity index (χ3n) is 5.51. The number of hydrogen-bond acceptors (Lipinski definition) is 6. The third-order valence-corrected chi connectivity index (χ3v) is 6.45. The Morgan fingerprint density at radius 2 is 2.03 bits per heavy atom. The molecule has 2 aliphatic carbocycles. The lowest BCUT2D eigenvalue weighted by Gasteiger charge is -2.29. The smallest absolute Gasteiger partial charge is 0.321 e. The van der Waals surface area contributed by atoms with E-state index in [0.29, 0.717) is 17.1 Å². The summed E-state index contributed by atoms with van der Waals surface area (Å²) in [7, 11) is 0. The van der Waals surface area contributed by atoms with Crippen molar-refractivity contribution < 1.29 is 9.59 Å². The number of nitrogens with zero attached hydrogens (tertiary/aromatic N) is 4. The Morgan fingerprint density at radius 3 is 2.76 bits per heavy atom. The van der Waals surface area contributed by atoms with E-state index in [0.717, 1.165) is 43.5 Å². The molecule has 4 rings (SSSR count). The number of aromatic nitrogens is 4. The molecule has 0 radical (unpaired) electrons. The van der Waals surface area contributed by atoms with Crippen molar-refractivity contribution in [1.29, 1.82) is 0 Å². The minimum atomic E-state index is -0.408. The second kappa shape index (κ2) is 8.94. The molecule has 0 aromatic carbocycles. The van der Waals surface area contributed by atoms with Gasteiger partial charge in [-0.1, -0.05) is 31.5 Å². The standard InChI is InChI=1S/C20H26N6O2S/c1-13-5-2-3-7-16(13)22-19(28)23-17(27)12-29-20-25-24-18(26(20)15-8-9-15)14-6-4-10-21-11-14/h4,6,10-11,13,15-16H,2-3,5,7-9,12H2,1H3,(H2,22,23,27,28)/t13-,16-/m0/s1. The molecule has 9 heteroatoms. The van der Waals surface area contributed by atoms with Gasteiger partial charge in [-0.15, -0.1) is 10.2 Å². The maximum Gasteiger partial charge on any atom is 0.321 e. The molecule has 2 aromatic rings. The van der Waals surface area contributed by atoms with Crippen molar-refractivity contribution in [1.82, 2.24) is 30.4 Å². The molecule has 154 valence electrons. The third kappa shape index (κ3) is 4.95. The summed E-state index contributed by atoms with van der Waals surface area (Å²) in [5.74, 6) is 1.00. The number of imide groups is 1. The summed E-state index contributed by atoms with van der Waals surface area (Å²) in [4.78, 5) is 28.6. The maximum atomic E-state index is 12.3. The van der Waals surface area contributed by atoms with Crippen molar-refractivity contribution in [2.24, 2.45) is 5.92 Å². The molecule has 3 amide bonds. The zero-order valence-electron chi connectivity index (χ0n) is 16.5. The van der Waals surface area contributed by atoms with Crippen molar-refractivity contribution in [3.8, 4) is 11.4 Å². The fourth-order valence-corrected chi connectivity index (χ4v) is 4.56. The molecule has 2 fully saturated rings. The van der Waals surface area contributed by atoms with Gasteiger partial charge in [-0.05, 0) is 43.7 Å². The summed E-state index contributed by atoms with van der Waals surface area (Å²) >= 11 is 1.30. The molecule has 0 aliphatic heterocycles. The molecule has 2 saturated carbocycles. The minimum absolute atomic E-state index is 0.117. The average molecular weight is 415 g/mol. The number of hydrogen-bond donors (Lipinski definition) is 2. The Labute approximate surface area is 174 Å². The van der Waals surface area contributed by atoms with Gasteiger partial charge >= 0.3 is 6.03 Å². The molecule has 2 heterocycles. The number of urea groups is 1. The van der Waals surface area contributed by atoms with Gasteiger partial charge in [0, 0.05) is 30.0 Å². The highest BCUT2D eigenvalue weighted by Crippen LogP contribution is 2.40. The first-order chi connectivity index (χ1) is 14.1. The molecular formula is C20H26N6O2S. The molecule has 0 saturated heterocycles. The van der Waals surface area contributed by atoms with E-state index in [1.807, 2.05) is 12.1 Å². The van der Waals surface area contributed by atoms with Crippen molar-refractivity contribution >= 4 is 23.7 Å². The van der Waals surface area contributed by atoms with Gasteiger partial charge in [0.15, 0.2) is 11.0 Å². The van der Waals surface area contributed by atoms with Crippen LogP contribution in [0, 0.1) is 5.92 Å². The highest BCUT2D eigenvalue weighted by molar-refractivity contribution is 7.99. The first-order valence-electron chi connectivity index (χ1n) is 10.2. The molecule has 0 spiro atoms. The lowest BCUT2D eigenvalue weighted by atomic mass is 9.86. The van der Waals surface area contributed by atoms with Crippen LogP contribution in [0.1, 0.15) is 51.5 Å². The molecule has 2 aromatic heterocycles. The summed E-state index contributed by atoms with van der Waals surface area (Å²) < 4.78 is 2.08. The van der Waals surface area contributed by atoms with Crippen LogP contribution in [0.5, 0.6) is 0 Å². The fourth-order valence-electron chi connectivity index (χ4n) is 3.76. The number of thioether (sulfide) groups is 1. The van der Waals surface area contributed by atoms with E-state index in [1.54, 1.807) is 12.4 Å². The van der Waals surface area contributed by atoms with E-state index in [4.69, 9.17) is 0 Å². The van der Waals surface area contributed by atoms with Crippen LogP contribution in [0.15, 0.2) is 29.7 Å². The molecule has 2 N–H and O–H groups in total. The van der Waals surface area contributed by atoms with Crippen LogP contribution >= 0.6 is 11.8 Å². The number of pyridine rings is 1. The Hall–Kier alpha value is -2.42. The average Bonchev–Trinajstić information content (AvgIpc) is 3.47. The van der Waals surface area contributed by atoms with Crippen LogP contribution in [-0.4, -0.2) is 43.5 Å². The van der Waals surface area contributed by atoms with Gasteiger partial charge in [0.25, 0.3) is 0 Å². The van der Waals surface area contributed by atoms with Crippen molar-refractivity contribution in [3.63, 3.8) is 0 Å². The predicted molar refractivity (Wildman–Crippen MR) is 110 cm³/mol. The summed E-state index contributed by atoms with van der Waals surface area (Å²) in [6, 6.07) is 3.92. The van der Waals surface area contributed by atoms with Gasteiger partial charge in [0.1, 0.15) is 0 Å². The van der Waals surface area contributed by atoms with E-state index in [-0.39, 0.29) is 17.7 Å². The summed E-state index contributed by atoms with van der Waals surface area (Å²) in [5.41, 5.74) is 0.907. The highest BCUT2D eigenvalue weighted by Gasteiger charge is 2.30. The minimum Gasteiger partial charge on any atom is -0.335 e. The number of carbonyl (C=O) groups excluding carboxylic acids is 2. The monoisotopic (exact) mass is 414 g/mol. The number of carbonyl (C=O) groups is 2. The van der Waals surface area contributed by atoms with Crippen LogP contribution in [0.2, 0.25) is 0 Å². The quantitative estimate of drug-likeness (QED) is 0.704. The molecule has 8 nitrogen and oxygen atoms in total. The van der Waals surface area contributed by atoms with Crippen LogP contribution in [-0.2, 0) is 4.79 Å². The Kier molecular flexibility index (Phi) is 6.13. The lowest BCUT2D eigenvalue weighted by Crippen LogP contribution is -2.48. The van der Waals surface area contributed by atoms with Crippen LogP contribution in [0.3, 0.4) is 0 Å². The highest BCUT2D eigenvalue weighted by atomic mass is 32.2. The van der Waals surface area contributed by atoms with Crippen LogP contribution in [0.4, 0.5) is 4.79 Å². The lowest BCUT2D eigenvalue weighted by molar-refractivity contribution is -0.117. The van der Waals surface area contributed by atoms with Crippen LogP contribution in [0.25, 0.3) is 11.4 Å². The topological polar surface area (TPSA) is 102 Å². The molecular weight excluding hydrogens is 388 g/mol. The SMILES string of the molecule is C[C@H]1CCCC[C@@H]1NC(=O)NC(=O)CSc1nnc(-c2cccnc2)n1C1CC1. The second-order valence-corrected chi connectivity index (χ2v) is 8.77. The molecule has 0 bridgehead atoms. The van der Waals surface area contributed by atoms with Crippen molar-refractivity contribution in [3.05, 3.63) is 24.5 Å². The Bertz CT molecular complexity index is 867. The first-order valence-corrected chi connectivity index (χ1v) is 11.2. The molecule has 29 heavy (non-hydrogen) atoms. The van der Waals surface area contributed by atoms with E-state index < -0.39 is 6.03 Å². The number of nitrogens with one attached hydrogen (secondary N) is 2. The van der Waals surface area contributed by atoms with E-state index >= 15 is 0 Å². The maximum absolute atomic E-state index is 12.3. The second-order valence-electron chi connectivity index (χ2n) is 7.83. The van der Waals surface area contributed by atoms with Crippen LogP contribution < -0.4 is 10.6 Å². The van der Waals surface area contributed by atoms with Gasteiger partial charge < -0.3 is 5.32 Å². The first kappa shape index (κ1) is 19.9. The zero-order chi connectivity index (χ0) is 20.2. The predicted octanol–water partition coefficient (Wildman–Crippen LogP) is 3.17. The zero-order valence-corrected chi connectivity index (χ0v) is 17.3. The largest absolute Gasteiger partial charge is 0.335 e. The Morgan fingerprint density at radius 1 is 1.21 bits per heavy atom. The van der Waals surface area contributed by atoms with Gasteiger partial charge in [-0.3, -0.25) is 19.7 Å². The van der Waals surface area contributed by atoms with Gasteiger partial charge in [-0.2, -0.15) is 0 Å². The molecule has 2 atom stereocenters. The van der Waals surface area contributed by atoms with Gasteiger partial charge in [0.2, 0.25) is 5.91 Å². The van der Waals surface area contributed by atoms with Crippen molar-refractivity contribution in [2.45, 2.75) is 62.7 Å². The summed E-state index contributed by atoms with van der Waals surface area (Å²) in [6.45, 7) is 2.15. The van der Waals surface area contributed by atoms with Gasteiger partial charge in [0.05, 0.1) is 5.75 Å². The van der Waals surface area contributed by atoms with E-state index in [2.05, 4.69) is 37.3 Å².